The van der Waals surface area contributed by atoms with E-state index >= 15 is 0 Å². The van der Waals surface area contributed by atoms with E-state index in [0.717, 1.165) is 102 Å². The Morgan fingerprint density at radius 3 is 0.687 bits per heavy atom. The minimum atomic E-state index is -4.96. The van der Waals surface area contributed by atoms with Crippen LogP contribution in [0.3, 0.4) is 0 Å². The lowest BCUT2D eigenvalue weighted by Crippen LogP contribution is -2.30. The highest BCUT2D eigenvalue weighted by atomic mass is 31.2. The van der Waals surface area contributed by atoms with Crippen LogP contribution in [0.2, 0.25) is 0 Å². The summed E-state index contributed by atoms with van der Waals surface area (Å²) in [5.74, 6) is -0.604. The Kier molecular flexibility index (Phi) is 70.3. The van der Waals surface area contributed by atoms with Gasteiger partial charge in [0.25, 0.3) is 0 Å². The van der Waals surface area contributed by atoms with Crippen LogP contribution >= 0.6 is 15.6 Å². The highest BCUT2D eigenvalue weighted by molar-refractivity contribution is 7.47. The van der Waals surface area contributed by atoms with Gasteiger partial charge in [-0.25, -0.2) is 9.13 Å². The maximum absolute atomic E-state index is 13.1. The van der Waals surface area contributed by atoms with Gasteiger partial charge >= 0.3 is 39.5 Å². The maximum Gasteiger partial charge on any atom is 0.472 e. The molecule has 5 atom stereocenters. The van der Waals surface area contributed by atoms with E-state index in [9.17, 15) is 43.2 Å². The van der Waals surface area contributed by atoms with Crippen LogP contribution in [0.15, 0.2) is 0 Å². The topological polar surface area (TPSA) is 237 Å². The molecular formula is C80H156O17P2. The number of rotatable bonds is 79. The van der Waals surface area contributed by atoms with Crippen molar-refractivity contribution in [3.05, 3.63) is 0 Å². The van der Waals surface area contributed by atoms with Gasteiger partial charge in [-0.3, -0.25) is 37.3 Å². The number of unbranched alkanes of at least 4 members (excludes halogenated alkanes) is 49. The van der Waals surface area contributed by atoms with Crippen LogP contribution in [0.5, 0.6) is 0 Å². The molecule has 0 heterocycles. The molecule has 0 aromatic rings. The van der Waals surface area contributed by atoms with Crippen molar-refractivity contribution in [2.45, 2.75) is 439 Å². The molecule has 99 heavy (non-hydrogen) atoms. The van der Waals surface area contributed by atoms with Gasteiger partial charge in [0.1, 0.15) is 19.3 Å². The molecule has 0 aromatic heterocycles. The van der Waals surface area contributed by atoms with Crippen molar-refractivity contribution in [3.8, 4) is 0 Å². The second-order valence-corrected chi connectivity index (χ2v) is 32.7. The predicted octanol–water partition coefficient (Wildman–Crippen LogP) is 23.9. The molecule has 0 amide bonds. The average Bonchev–Trinajstić information content (AvgIpc) is 1.24. The van der Waals surface area contributed by atoms with Crippen molar-refractivity contribution < 1.29 is 80.2 Å². The summed E-state index contributed by atoms with van der Waals surface area (Å²) < 4.78 is 68.6. The molecule has 0 saturated heterocycles. The minimum Gasteiger partial charge on any atom is -0.462 e. The second kappa shape index (κ2) is 71.7. The summed E-state index contributed by atoms with van der Waals surface area (Å²) in [6.07, 6.45) is 61.2. The number of aliphatic hydroxyl groups is 1. The number of phosphoric ester groups is 2. The monoisotopic (exact) mass is 1450 g/mol. The first kappa shape index (κ1) is 97.1. The molecule has 3 N–H and O–H groups in total. The summed E-state index contributed by atoms with van der Waals surface area (Å²) in [5.41, 5.74) is 0. The van der Waals surface area contributed by atoms with Crippen LogP contribution in [-0.4, -0.2) is 96.7 Å². The molecule has 19 heteroatoms. The fourth-order valence-corrected chi connectivity index (χ4v) is 13.9. The van der Waals surface area contributed by atoms with Crippen molar-refractivity contribution >= 4 is 39.5 Å². The molecule has 0 fully saturated rings. The Labute approximate surface area is 607 Å². The van der Waals surface area contributed by atoms with E-state index in [1.807, 2.05) is 0 Å². The van der Waals surface area contributed by atoms with E-state index in [1.165, 1.54) is 238 Å². The molecule has 0 rings (SSSR count). The third kappa shape index (κ3) is 74.1. The Balaban J connectivity index is 5.20. The molecule has 0 radical (unpaired) electrons. The largest absolute Gasteiger partial charge is 0.472 e. The van der Waals surface area contributed by atoms with E-state index in [1.54, 1.807) is 0 Å². The highest BCUT2D eigenvalue weighted by Crippen LogP contribution is 2.45. The van der Waals surface area contributed by atoms with E-state index in [2.05, 4.69) is 41.5 Å². The number of carbonyl (C=O) groups excluding carboxylic acids is 4. The number of hydrogen-bond donors (Lipinski definition) is 3. The molecule has 0 saturated carbocycles. The van der Waals surface area contributed by atoms with Crippen LogP contribution in [0.1, 0.15) is 420 Å². The van der Waals surface area contributed by atoms with Gasteiger partial charge in [-0.1, -0.05) is 369 Å². The van der Waals surface area contributed by atoms with Crippen molar-refractivity contribution in [2.75, 3.05) is 39.6 Å². The van der Waals surface area contributed by atoms with Gasteiger partial charge < -0.3 is 33.8 Å². The SMILES string of the molecule is CCCCCCCCCCCCCCCCCCCCCCCCC(=O)O[C@H](COC(=O)CCCCCCCCCCCCCC(C)C)COP(=O)(O)OC[C@@H](O)COP(=O)(O)OC[C@@H](COC(=O)CCCCCCCCCCCCC)OC(=O)CCCCCCCCCCCC(C)C. The maximum atomic E-state index is 13.1. The standard InChI is InChI=1S/C80H156O17P2/c1-7-9-11-13-15-17-19-20-21-22-23-24-25-26-27-28-29-33-40-46-52-58-64-79(84)96-75(68-91-78(83)63-57-51-45-39-34-30-32-36-42-48-54-60-72(3)4)70-94-98(86,87)92-66-74(81)67-93-99(88,89)95-71-76(69-90-77(82)62-56-50-44-38-31-18-16-14-12-10-8-2)97-80(85)65-59-53-47-41-35-37-43-49-55-61-73(5)6/h72-76,81H,7-71H2,1-6H3,(H,86,87)(H,88,89)/t74-,75-,76-/m1/s1. The molecule has 17 nitrogen and oxygen atoms in total. The Morgan fingerprint density at radius 1 is 0.273 bits per heavy atom. The fraction of sp³-hybridized carbons (Fsp3) is 0.950. The number of phosphoric acid groups is 2. The van der Waals surface area contributed by atoms with E-state index < -0.39 is 97.5 Å². The average molecular weight is 1450 g/mol. The molecule has 0 spiro atoms. The third-order valence-corrected chi connectivity index (χ3v) is 20.6. The smallest absolute Gasteiger partial charge is 0.462 e. The molecule has 0 aliphatic carbocycles. The summed E-state index contributed by atoms with van der Waals surface area (Å²) in [4.78, 5) is 72.9. The zero-order valence-corrected chi connectivity index (χ0v) is 66.6. The number of aliphatic hydroxyl groups excluding tert-OH is 1. The summed E-state index contributed by atoms with van der Waals surface area (Å²) in [6, 6.07) is 0. The highest BCUT2D eigenvalue weighted by Gasteiger charge is 2.30. The first-order valence-corrected chi connectivity index (χ1v) is 44.5. The Morgan fingerprint density at radius 2 is 0.465 bits per heavy atom. The van der Waals surface area contributed by atoms with Crippen molar-refractivity contribution in [1.29, 1.82) is 0 Å². The quantitative estimate of drug-likeness (QED) is 0.0222. The van der Waals surface area contributed by atoms with Gasteiger partial charge in [0.2, 0.25) is 0 Å². The van der Waals surface area contributed by atoms with E-state index in [0.29, 0.717) is 25.7 Å². The van der Waals surface area contributed by atoms with Gasteiger partial charge in [0.05, 0.1) is 26.4 Å². The second-order valence-electron chi connectivity index (χ2n) is 29.8. The number of carbonyl (C=O) groups is 4. The lowest BCUT2D eigenvalue weighted by atomic mass is 10.0. The molecule has 0 bridgehead atoms. The van der Waals surface area contributed by atoms with Crippen molar-refractivity contribution in [2.24, 2.45) is 11.8 Å². The molecule has 0 aromatic carbocycles. The Hall–Kier alpha value is -1.94. The van der Waals surface area contributed by atoms with Crippen LogP contribution in [0.25, 0.3) is 0 Å². The van der Waals surface area contributed by atoms with Gasteiger partial charge in [0, 0.05) is 25.7 Å². The molecule has 0 aliphatic rings. The fourth-order valence-electron chi connectivity index (χ4n) is 12.4. The summed E-state index contributed by atoms with van der Waals surface area (Å²) in [5, 5.41) is 10.6. The number of ether oxygens (including phenoxy) is 4. The van der Waals surface area contributed by atoms with Crippen molar-refractivity contribution in [3.63, 3.8) is 0 Å². The van der Waals surface area contributed by atoms with Crippen LogP contribution in [0.4, 0.5) is 0 Å². The van der Waals surface area contributed by atoms with Gasteiger partial charge in [-0.15, -0.1) is 0 Å². The number of hydrogen-bond acceptors (Lipinski definition) is 15. The lowest BCUT2D eigenvalue weighted by Gasteiger charge is -2.21. The summed E-state index contributed by atoms with van der Waals surface area (Å²) in [6.45, 7) is 9.60. The van der Waals surface area contributed by atoms with E-state index in [-0.39, 0.29) is 25.7 Å². The van der Waals surface area contributed by atoms with Gasteiger partial charge in [0.15, 0.2) is 12.2 Å². The van der Waals surface area contributed by atoms with Crippen molar-refractivity contribution in [1.82, 2.24) is 0 Å². The van der Waals surface area contributed by atoms with Crippen LogP contribution < -0.4 is 0 Å². The van der Waals surface area contributed by atoms with Gasteiger partial charge in [-0.2, -0.15) is 0 Å². The van der Waals surface area contributed by atoms with Gasteiger partial charge in [-0.05, 0) is 37.5 Å². The zero-order chi connectivity index (χ0) is 72.8. The summed E-state index contributed by atoms with van der Waals surface area (Å²) in [7, 11) is -9.92. The first-order valence-electron chi connectivity index (χ1n) is 41.5. The summed E-state index contributed by atoms with van der Waals surface area (Å²) >= 11 is 0. The third-order valence-electron chi connectivity index (χ3n) is 18.7. The zero-order valence-electron chi connectivity index (χ0n) is 64.8. The molecular weight excluding hydrogens is 1290 g/mol. The lowest BCUT2D eigenvalue weighted by molar-refractivity contribution is -0.161. The Bertz CT molecular complexity index is 1910. The van der Waals surface area contributed by atoms with Crippen LogP contribution in [0, 0.1) is 11.8 Å². The molecule has 2 unspecified atom stereocenters. The normalized spacial score (nSPS) is 13.9. The number of esters is 4. The first-order chi connectivity index (χ1) is 47.9. The van der Waals surface area contributed by atoms with E-state index in [4.69, 9.17) is 37.0 Å². The van der Waals surface area contributed by atoms with Crippen LogP contribution in [-0.2, 0) is 65.4 Å². The molecule has 0 aliphatic heterocycles. The molecule has 588 valence electrons. The minimum absolute atomic E-state index is 0.106. The predicted molar refractivity (Wildman–Crippen MR) is 405 cm³/mol.